The molecular formula is C16H16N2O. The van der Waals surface area contributed by atoms with Crippen LogP contribution in [0.5, 0.6) is 0 Å². The molecule has 2 aromatic rings. The molecule has 0 bridgehead atoms. The van der Waals surface area contributed by atoms with Crippen molar-refractivity contribution in [3.63, 3.8) is 0 Å². The fourth-order valence-electron chi connectivity index (χ4n) is 2.64. The van der Waals surface area contributed by atoms with Crippen LogP contribution in [0.4, 0.5) is 5.69 Å². The number of nitrogens with zero attached hydrogens (tertiary/aromatic N) is 1. The van der Waals surface area contributed by atoms with Crippen LogP contribution in [-0.2, 0) is 11.3 Å². The molecule has 2 N–H and O–H groups in total. The Hall–Kier alpha value is -2.13. The number of anilines is 1. The molecule has 19 heavy (non-hydrogen) atoms. The van der Waals surface area contributed by atoms with Crippen LogP contribution < -0.4 is 10.6 Å². The predicted molar refractivity (Wildman–Crippen MR) is 75.7 cm³/mol. The highest BCUT2D eigenvalue weighted by Crippen LogP contribution is 2.37. The molecule has 1 unspecified atom stereocenters. The number of para-hydroxylation sites is 1. The number of hydrogen-bond donors (Lipinski definition) is 1. The number of hydrogen-bond acceptors (Lipinski definition) is 2. The number of carbonyl (C=O) groups is 1. The summed E-state index contributed by atoms with van der Waals surface area (Å²) in [6, 6.07) is 15.4. The van der Waals surface area contributed by atoms with E-state index in [1.807, 2.05) is 55.5 Å². The Morgan fingerprint density at radius 1 is 1.11 bits per heavy atom. The summed E-state index contributed by atoms with van der Waals surface area (Å²) in [5, 5.41) is 0. The molecule has 0 saturated heterocycles. The highest BCUT2D eigenvalue weighted by Gasteiger charge is 2.35. The Morgan fingerprint density at radius 2 is 1.84 bits per heavy atom. The van der Waals surface area contributed by atoms with Crippen molar-refractivity contribution in [1.29, 1.82) is 0 Å². The van der Waals surface area contributed by atoms with Gasteiger partial charge in [-0.05, 0) is 18.1 Å². The van der Waals surface area contributed by atoms with E-state index in [1.54, 1.807) is 4.90 Å². The van der Waals surface area contributed by atoms with Crippen molar-refractivity contribution in [2.45, 2.75) is 19.5 Å². The highest BCUT2D eigenvalue weighted by atomic mass is 16.2. The normalized spacial score (nSPS) is 17.7. The fourth-order valence-corrected chi connectivity index (χ4v) is 2.64. The molecule has 0 radical (unpaired) electrons. The number of fused-ring (bicyclic) bond motifs is 1. The topological polar surface area (TPSA) is 46.3 Å². The lowest BCUT2D eigenvalue weighted by Crippen LogP contribution is -2.31. The smallest absolute Gasteiger partial charge is 0.248 e. The molecule has 0 aromatic heterocycles. The first kappa shape index (κ1) is 11.9. The van der Waals surface area contributed by atoms with Crippen molar-refractivity contribution in [3.05, 3.63) is 65.2 Å². The Kier molecular flexibility index (Phi) is 2.84. The van der Waals surface area contributed by atoms with Crippen LogP contribution >= 0.6 is 0 Å². The summed E-state index contributed by atoms with van der Waals surface area (Å²) >= 11 is 0. The van der Waals surface area contributed by atoms with Gasteiger partial charge in [0.15, 0.2) is 0 Å². The third-order valence-corrected chi connectivity index (χ3v) is 3.59. The van der Waals surface area contributed by atoms with Crippen molar-refractivity contribution in [2.75, 3.05) is 4.90 Å². The second kappa shape index (κ2) is 4.52. The SMILES string of the molecule is Cc1cccc2c1N(Cc1ccccc1)C(=O)C2N. The summed E-state index contributed by atoms with van der Waals surface area (Å²) < 4.78 is 0. The fraction of sp³-hybridized carbons (Fsp3) is 0.188. The zero-order valence-corrected chi connectivity index (χ0v) is 10.8. The van der Waals surface area contributed by atoms with Gasteiger partial charge in [0.1, 0.15) is 6.04 Å². The molecule has 3 heteroatoms. The van der Waals surface area contributed by atoms with E-state index in [4.69, 9.17) is 5.73 Å². The lowest BCUT2D eigenvalue weighted by Gasteiger charge is -2.19. The van der Waals surface area contributed by atoms with E-state index in [2.05, 4.69) is 0 Å². The Morgan fingerprint density at radius 3 is 2.58 bits per heavy atom. The van der Waals surface area contributed by atoms with E-state index in [0.29, 0.717) is 6.54 Å². The Balaban J connectivity index is 2.02. The number of amides is 1. The molecular weight excluding hydrogens is 236 g/mol. The van der Waals surface area contributed by atoms with Crippen LogP contribution in [0.3, 0.4) is 0 Å². The van der Waals surface area contributed by atoms with Crippen LogP contribution in [0.25, 0.3) is 0 Å². The highest BCUT2D eigenvalue weighted by molar-refractivity contribution is 6.05. The van der Waals surface area contributed by atoms with Gasteiger partial charge in [-0.1, -0.05) is 48.5 Å². The van der Waals surface area contributed by atoms with Gasteiger partial charge in [0.05, 0.1) is 12.2 Å². The minimum atomic E-state index is -0.529. The minimum Gasteiger partial charge on any atom is -0.316 e. The van der Waals surface area contributed by atoms with E-state index in [1.165, 1.54) is 0 Å². The molecule has 0 fully saturated rings. The van der Waals surface area contributed by atoms with Crippen molar-refractivity contribution >= 4 is 11.6 Å². The van der Waals surface area contributed by atoms with Gasteiger partial charge in [-0.25, -0.2) is 0 Å². The number of benzene rings is 2. The summed E-state index contributed by atoms with van der Waals surface area (Å²) in [5.41, 5.74) is 10.1. The van der Waals surface area contributed by atoms with Crippen molar-refractivity contribution in [3.8, 4) is 0 Å². The molecule has 1 atom stereocenters. The summed E-state index contributed by atoms with van der Waals surface area (Å²) in [6.45, 7) is 2.59. The van der Waals surface area contributed by atoms with E-state index >= 15 is 0 Å². The third kappa shape index (κ3) is 1.92. The largest absolute Gasteiger partial charge is 0.316 e. The van der Waals surface area contributed by atoms with E-state index in [-0.39, 0.29) is 5.91 Å². The molecule has 0 aliphatic carbocycles. The lowest BCUT2D eigenvalue weighted by atomic mass is 10.1. The monoisotopic (exact) mass is 252 g/mol. The molecule has 1 aliphatic heterocycles. The molecule has 1 amide bonds. The number of rotatable bonds is 2. The molecule has 0 spiro atoms. The summed E-state index contributed by atoms with van der Waals surface area (Å²) in [4.78, 5) is 14.1. The number of aryl methyl sites for hydroxylation is 1. The Bertz CT molecular complexity index is 622. The maximum Gasteiger partial charge on any atom is 0.248 e. The molecule has 3 nitrogen and oxygen atoms in total. The van der Waals surface area contributed by atoms with Gasteiger partial charge < -0.3 is 10.6 Å². The molecule has 0 saturated carbocycles. The quantitative estimate of drug-likeness (QED) is 0.892. The summed E-state index contributed by atoms with van der Waals surface area (Å²) in [6.07, 6.45) is 0. The van der Waals surface area contributed by atoms with Gasteiger partial charge >= 0.3 is 0 Å². The Labute approximate surface area is 112 Å². The van der Waals surface area contributed by atoms with Gasteiger partial charge in [-0.3, -0.25) is 4.79 Å². The van der Waals surface area contributed by atoms with Gasteiger partial charge in [0.2, 0.25) is 5.91 Å². The van der Waals surface area contributed by atoms with Crippen LogP contribution in [0.2, 0.25) is 0 Å². The zero-order chi connectivity index (χ0) is 13.4. The summed E-state index contributed by atoms with van der Waals surface area (Å²) in [7, 11) is 0. The van der Waals surface area contributed by atoms with Gasteiger partial charge in [0, 0.05) is 5.56 Å². The van der Waals surface area contributed by atoms with Gasteiger partial charge in [-0.15, -0.1) is 0 Å². The maximum absolute atomic E-state index is 12.3. The van der Waals surface area contributed by atoms with E-state index in [0.717, 1.165) is 22.4 Å². The van der Waals surface area contributed by atoms with Crippen LogP contribution in [0.15, 0.2) is 48.5 Å². The predicted octanol–water partition coefficient (Wildman–Crippen LogP) is 2.54. The van der Waals surface area contributed by atoms with Crippen LogP contribution in [0.1, 0.15) is 22.7 Å². The van der Waals surface area contributed by atoms with Crippen LogP contribution in [0, 0.1) is 6.92 Å². The zero-order valence-electron chi connectivity index (χ0n) is 10.8. The second-order valence-corrected chi connectivity index (χ2v) is 4.90. The van der Waals surface area contributed by atoms with Gasteiger partial charge in [0.25, 0.3) is 0 Å². The second-order valence-electron chi connectivity index (χ2n) is 4.90. The number of nitrogens with two attached hydrogens (primary N) is 1. The summed E-state index contributed by atoms with van der Waals surface area (Å²) in [5.74, 6) is -0.0202. The average Bonchev–Trinajstić information content (AvgIpc) is 2.67. The standard InChI is InChI=1S/C16H16N2O/c1-11-6-5-9-13-14(17)16(19)18(15(11)13)10-12-7-3-2-4-8-12/h2-9,14H,10,17H2,1H3. The van der Waals surface area contributed by atoms with Crippen molar-refractivity contribution < 1.29 is 4.79 Å². The van der Waals surface area contributed by atoms with E-state index in [9.17, 15) is 4.79 Å². The number of carbonyl (C=O) groups excluding carboxylic acids is 1. The van der Waals surface area contributed by atoms with Gasteiger partial charge in [-0.2, -0.15) is 0 Å². The first-order chi connectivity index (χ1) is 9.18. The lowest BCUT2D eigenvalue weighted by molar-refractivity contribution is -0.119. The van der Waals surface area contributed by atoms with E-state index < -0.39 is 6.04 Å². The molecule has 2 aromatic carbocycles. The first-order valence-electron chi connectivity index (χ1n) is 6.39. The third-order valence-electron chi connectivity index (χ3n) is 3.59. The maximum atomic E-state index is 12.3. The molecule has 3 rings (SSSR count). The molecule has 1 heterocycles. The minimum absolute atomic E-state index is 0.0202. The molecule has 1 aliphatic rings. The average molecular weight is 252 g/mol. The van der Waals surface area contributed by atoms with Crippen molar-refractivity contribution in [1.82, 2.24) is 0 Å². The molecule has 96 valence electrons. The first-order valence-corrected chi connectivity index (χ1v) is 6.39. The van der Waals surface area contributed by atoms with Crippen molar-refractivity contribution in [2.24, 2.45) is 5.73 Å². The van der Waals surface area contributed by atoms with Crippen LogP contribution in [-0.4, -0.2) is 5.91 Å².